The average molecular weight is 419 g/mol. The molecule has 0 bridgehead atoms. The van der Waals surface area contributed by atoms with Crippen LogP contribution in [0.5, 0.6) is 0 Å². The molecule has 1 aliphatic rings. The summed E-state index contributed by atoms with van der Waals surface area (Å²) >= 11 is 0. The fourth-order valence-corrected chi connectivity index (χ4v) is 3.41. The van der Waals surface area contributed by atoms with Crippen LogP contribution in [-0.2, 0) is 0 Å². The van der Waals surface area contributed by atoms with Gasteiger partial charge in [0.1, 0.15) is 5.84 Å². The van der Waals surface area contributed by atoms with Gasteiger partial charge in [0.05, 0.1) is 11.4 Å². The Labute approximate surface area is 189 Å². The van der Waals surface area contributed by atoms with Crippen molar-refractivity contribution in [1.82, 2.24) is 0 Å². The number of aliphatic imine (C=N–C) groups is 1. The Bertz CT molecular complexity index is 1190. The normalized spacial score (nSPS) is 14.1. The Balaban J connectivity index is 1.59. The highest BCUT2D eigenvalue weighted by molar-refractivity contribution is 6.11. The van der Waals surface area contributed by atoms with Crippen LogP contribution in [0.3, 0.4) is 0 Å². The van der Waals surface area contributed by atoms with E-state index in [2.05, 4.69) is 17.5 Å². The maximum atomic E-state index is 8.46. The van der Waals surface area contributed by atoms with Crippen molar-refractivity contribution in [1.29, 1.82) is 5.41 Å². The number of anilines is 1. The summed E-state index contributed by atoms with van der Waals surface area (Å²) in [7, 11) is 0. The van der Waals surface area contributed by atoms with Crippen LogP contribution in [0, 0.1) is 5.41 Å². The number of hydrogen-bond acceptors (Lipinski definition) is 3. The number of nitrogens with zero attached hydrogens (tertiary/aromatic N) is 1. The van der Waals surface area contributed by atoms with Gasteiger partial charge in [-0.2, -0.15) is 0 Å². The van der Waals surface area contributed by atoms with E-state index in [9.17, 15) is 0 Å². The standard InChI is InChI=1S/C28H26N4/c29-26(21-10-4-1-5-11-21)20-27(30)22-16-18-23(19-17-22)28(31-24-12-6-2-7-13-24)32-25-14-8-3-9-15-25/h2-4,6-20,30H,1,5,29H2,(H,31,32)/b26-20-,30-27?. The molecular formula is C28H26N4. The zero-order valence-corrected chi connectivity index (χ0v) is 17.8. The zero-order valence-electron chi connectivity index (χ0n) is 17.8. The Morgan fingerprint density at radius 3 is 2.16 bits per heavy atom. The highest BCUT2D eigenvalue weighted by atomic mass is 15.0. The summed E-state index contributed by atoms with van der Waals surface area (Å²) in [4.78, 5) is 4.81. The van der Waals surface area contributed by atoms with E-state index in [0.717, 1.165) is 46.8 Å². The molecule has 0 fully saturated rings. The number of benzene rings is 3. The van der Waals surface area contributed by atoms with Crippen molar-refractivity contribution < 1.29 is 0 Å². The summed E-state index contributed by atoms with van der Waals surface area (Å²) in [5.41, 5.74) is 11.8. The van der Waals surface area contributed by atoms with Gasteiger partial charge in [0.2, 0.25) is 0 Å². The Kier molecular flexibility index (Phi) is 6.73. The predicted octanol–water partition coefficient (Wildman–Crippen LogP) is 6.36. The molecule has 0 heterocycles. The van der Waals surface area contributed by atoms with Crippen LogP contribution in [0.15, 0.2) is 125 Å². The lowest BCUT2D eigenvalue weighted by molar-refractivity contribution is 1.02. The topological polar surface area (TPSA) is 74.3 Å². The van der Waals surface area contributed by atoms with Crippen molar-refractivity contribution in [2.45, 2.75) is 12.8 Å². The quantitative estimate of drug-likeness (QED) is 0.322. The molecule has 4 rings (SSSR count). The molecular weight excluding hydrogens is 392 g/mol. The third-order valence-electron chi connectivity index (χ3n) is 5.13. The van der Waals surface area contributed by atoms with Crippen LogP contribution < -0.4 is 11.1 Å². The molecule has 0 spiro atoms. The summed E-state index contributed by atoms with van der Waals surface area (Å²) in [5.74, 6) is 0.744. The van der Waals surface area contributed by atoms with Crippen LogP contribution in [-0.4, -0.2) is 11.5 Å². The molecule has 4 N–H and O–H groups in total. The van der Waals surface area contributed by atoms with Crippen LogP contribution in [0.2, 0.25) is 0 Å². The number of para-hydroxylation sites is 2. The minimum atomic E-state index is 0.381. The number of nitrogens with one attached hydrogen (secondary N) is 2. The molecule has 0 unspecified atom stereocenters. The van der Waals surface area contributed by atoms with E-state index in [4.69, 9.17) is 16.1 Å². The maximum Gasteiger partial charge on any atom is 0.138 e. The molecule has 3 aromatic carbocycles. The van der Waals surface area contributed by atoms with Crippen LogP contribution in [0.4, 0.5) is 11.4 Å². The number of allylic oxidation sites excluding steroid dienone is 4. The highest BCUT2D eigenvalue weighted by Gasteiger charge is 2.08. The summed E-state index contributed by atoms with van der Waals surface area (Å²) in [6.07, 6.45) is 10.00. The summed E-state index contributed by atoms with van der Waals surface area (Å²) in [5, 5.41) is 11.9. The van der Waals surface area contributed by atoms with Crippen molar-refractivity contribution in [2.24, 2.45) is 10.7 Å². The lowest BCUT2D eigenvalue weighted by Gasteiger charge is -2.12. The first-order valence-electron chi connectivity index (χ1n) is 10.7. The minimum absolute atomic E-state index is 0.381. The van der Waals surface area contributed by atoms with Gasteiger partial charge in [-0.1, -0.05) is 78.9 Å². The molecule has 4 heteroatoms. The van der Waals surface area contributed by atoms with Crippen LogP contribution in [0.25, 0.3) is 0 Å². The van der Waals surface area contributed by atoms with Crippen molar-refractivity contribution in [2.75, 3.05) is 5.32 Å². The van der Waals surface area contributed by atoms with Crippen LogP contribution in [0.1, 0.15) is 24.0 Å². The first-order chi connectivity index (χ1) is 15.7. The lowest BCUT2D eigenvalue weighted by atomic mass is 10.0. The van der Waals surface area contributed by atoms with Crippen molar-refractivity contribution in [3.63, 3.8) is 0 Å². The molecule has 4 nitrogen and oxygen atoms in total. The number of rotatable bonds is 6. The van der Waals surface area contributed by atoms with E-state index in [1.807, 2.05) is 91.0 Å². The molecule has 0 atom stereocenters. The fourth-order valence-electron chi connectivity index (χ4n) is 3.41. The van der Waals surface area contributed by atoms with Gasteiger partial charge in [0.15, 0.2) is 0 Å². The number of hydrogen-bond donors (Lipinski definition) is 3. The van der Waals surface area contributed by atoms with Gasteiger partial charge in [-0.15, -0.1) is 0 Å². The van der Waals surface area contributed by atoms with Gasteiger partial charge in [0.25, 0.3) is 0 Å². The largest absolute Gasteiger partial charge is 0.398 e. The second kappa shape index (κ2) is 10.2. The third kappa shape index (κ3) is 5.49. The van der Waals surface area contributed by atoms with Gasteiger partial charge >= 0.3 is 0 Å². The summed E-state index contributed by atoms with van der Waals surface area (Å²) in [6.45, 7) is 0. The molecule has 32 heavy (non-hydrogen) atoms. The Morgan fingerprint density at radius 2 is 1.50 bits per heavy atom. The molecule has 0 aliphatic heterocycles. The Morgan fingerprint density at radius 1 is 0.844 bits per heavy atom. The smallest absolute Gasteiger partial charge is 0.138 e. The first kappa shape index (κ1) is 21.1. The minimum Gasteiger partial charge on any atom is -0.398 e. The first-order valence-corrected chi connectivity index (χ1v) is 10.7. The van der Waals surface area contributed by atoms with Crippen molar-refractivity contribution >= 4 is 22.9 Å². The number of amidine groups is 1. The van der Waals surface area contributed by atoms with Gasteiger partial charge in [-0.05, 0) is 54.3 Å². The molecule has 0 amide bonds. The molecule has 1 aliphatic carbocycles. The van der Waals surface area contributed by atoms with Crippen molar-refractivity contribution in [3.8, 4) is 0 Å². The number of nitrogens with two attached hydrogens (primary N) is 1. The Hall–Kier alpha value is -4.18. The second-order valence-corrected chi connectivity index (χ2v) is 7.52. The van der Waals surface area contributed by atoms with Gasteiger partial charge < -0.3 is 16.5 Å². The maximum absolute atomic E-state index is 8.46. The van der Waals surface area contributed by atoms with Crippen LogP contribution >= 0.6 is 0 Å². The van der Waals surface area contributed by atoms with Crippen molar-refractivity contribution in [3.05, 3.63) is 132 Å². The molecule has 3 aromatic rings. The van der Waals surface area contributed by atoms with E-state index in [-0.39, 0.29) is 0 Å². The molecule has 0 aromatic heterocycles. The molecule has 158 valence electrons. The molecule has 0 saturated carbocycles. The van der Waals surface area contributed by atoms with E-state index in [0.29, 0.717) is 11.4 Å². The molecule has 0 saturated heterocycles. The van der Waals surface area contributed by atoms with E-state index in [1.165, 1.54) is 0 Å². The molecule has 0 radical (unpaired) electrons. The van der Waals surface area contributed by atoms with Gasteiger partial charge in [0, 0.05) is 16.9 Å². The highest BCUT2D eigenvalue weighted by Crippen LogP contribution is 2.18. The predicted molar refractivity (Wildman–Crippen MR) is 135 cm³/mol. The van der Waals surface area contributed by atoms with Gasteiger partial charge in [-0.25, -0.2) is 4.99 Å². The van der Waals surface area contributed by atoms with E-state index in [1.54, 1.807) is 6.08 Å². The lowest BCUT2D eigenvalue weighted by Crippen LogP contribution is -2.13. The average Bonchev–Trinajstić information content (AvgIpc) is 2.85. The second-order valence-electron chi connectivity index (χ2n) is 7.52. The summed E-state index contributed by atoms with van der Waals surface area (Å²) < 4.78 is 0. The summed E-state index contributed by atoms with van der Waals surface area (Å²) in [6, 6.07) is 27.6. The SMILES string of the molecule is N=C(/C=C(\N)C1=CCCC=C1)c1ccc(C(=Nc2ccccc2)Nc2ccccc2)cc1. The fraction of sp³-hybridized carbons (Fsp3) is 0.0714. The third-order valence-corrected chi connectivity index (χ3v) is 5.13. The van der Waals surface area contributed by atoms with Gasteiger partial charge in [-0.3, -0.25) is 0 Å². The van der Waals surface area contributed by atoms with E-state index < -0.39 is 0 Å². The van der Waals surface area contributed by atoms with E-state index >= 15 is 0 Å². The zero-order chi connectivity index (χ0) is 22.2. The monoisotopic (exact) mass is 418 g/mol.